The Labute approximate surface area is 196 Å². The maximum Gasteiger partial charge on any atom is 0.410 e. The van der Waals surface area contributed by atoms with Crippen LogP contribution in [-0.4, -0.2) is 35.5 Å². The lowest BCUT2D eigenvalue weighted by Crippen LogP contribution is -2.49. The number of fused-ring (bicyclic) bond motifs is 5. The molecule has 6 rings (SSSR count). The SMILES string of the molecule is O=C(C1CCCCC1)C1CC2CCC(C1)N2C(=O)OCC1c2ccccc2-c2ccccc21. The van der Waals surface area contributed by atoms with E-state index >= 15 is 0 Å². The minimum absolute atomic E-state index is 0.0874. The number of hydrogen-bond acceptors (Lipinski definition) is 3. The first-order chi connectivity index (χ1) is 16.2. The number of benzene rings is 2. The predicted molar refractivity (Wildman–Crippen MR) is 128 cm³/mol. The third kappa shape index (κ3) is 3.68. The van der Waals surface area contributed by atoms with Gasteiger partial charge in [-0.1, -0.05) is 67.8 Å². The molecule has 2 unspecified atom stereocenters. The van der Waals surface area contributed by atoms with Crippen LogP contribution in [0.25, 0.3) is 11.1 Å². The number of piperidine rings is 1. The third-order valence-electron chi connectivity index (χ3n) is 8.69. The zero-order chi connectivity index (χ0) is 22.4. The number of ketones is 1. The van der Waals surface area contributed by atoms with Gasteiger partial charge in [-0.25, -0.2) is 4.79 Å². The summed E-state index contributed by atoms with van der Waals surface area (Å²) in [6.07, 6.45) is 9.28. The first-order valence-electron chi connectivity index (χ1n) is 12.9. The molecule has 2 heterocycles. The Morgan fingerprint density at radius 3 is 1.94 bits per heavy atom. The number of carbonyl (C=O) groups excluding carboxylic acids is 2. The lowest BCUT2D eigenvalue weighted by atomic mass is 9.77. The molecule has 4 aliphatic rings. The highest BCUT2D eigenvalue weighted by atomic mass is 16.6. The molecule has 2 aromatic carbocycles. The molecule has 0 radical (unpaired) electrons. The van der Waals surface area contributed by atoms with Gasteiger partial charge in [0, 0.05) is 29.8 Å². The highest BCUT2D eigenvalue weighted by Gasteiger charge is 2.47. The fourth-order valence-electron chi connectivity index (χ4n) is 7.10. The molecule has 2 bridgehead atoms. The Hall–Kier alpha value is -2.62. The quantitative estimate of drug-likeness (QED) is 0.555. The molecule has 0 aromatic heterocycles. The zero-order valence-electron chi connectivity index (χ0n) is 19.2. The number of ether oxygens (including phenoxy) is 1. The van der Waals surface area contributed by atoms with Gasteiger partial charge in [0.25, 0.3) is 0 Å². The molecule has 172 valence electrons. The van der Waals surface area contributed by atoms with Gasteiger partial charge in [0.15, 0.2) is 0 Å². The van der Waals surface area contributed by atoms with E-state index in [1.807, 2.05) is 4.90 Å². The molecule has 2 aliphatic heterocycles. The summed E-state index contributed by atoms with van der Waals surface area (Å²) in [4.78, 5) is 28.4. The second-order valence-electron chi connectivity index (χ2n) is 10.5. The molecule has 2 atom stereocenters. The second kappa shape index (κ2) is 8.62. The van der Waals surface area contributed by atoms with E-state index < -0.39 is 0 Å². The van der Waals surface area contributed by atoms with E-state index in [4.69, 9.17) is 4.74 Å². The lowest BCUT2D eigenvalue weighted by Gasteiger charge is -2.39. The summed E-state index contributed by atoms with van der Waals surface area (Å²) in [7, 11) is 0. The van der Waals surface area contributed by atoms with Gasteiger partial charge in [-0.15, -0.1) is 0 Å². The molecule has 0 spiro atoms. The van der Waals surface area contributed by atoms with Crippen LogP contribution in [0.15, 0.2) is 48.5 Å². The highest BCUT2D eigenvalue weighted by Crippen LogP contribution is 2.45. The standard InChI is InChI=1S/C29H33NO3/c31-28(19-8-2-1-3-9-19)20-16-21-14-15-22(17-20)30(21)29(32)33-18-27-25-12-6-4-10-23(25)24-11-5-7-13-26(24)27/h4-7,10-13,19-22,27H,1-3,8-9,14-18H2. The van der Waals surface area contributed by atoms with Crippen molar-refractivity contribution < 1.29 is 14.3 Å². The summed E-state index contributed by atoms with van der Waals surface area (Å²) >= 11 is 0. The molecule has 1 amide bonds. The Morgan fingerprint density at radius 1 is 0.758 bits per heavy atom. The molecule has 4 nitrogen and oxygen atoms in total. The zero-order valence-corrected chi connectivity index (χ0v) is 19.2. The van der Waals surface area contributed by atoms with Crippen molar-refractivity contribution in [2.75, 3.05) is 6.61 Å². The van der Waals surface area contributed by atoms with Gasteiger partial charge in [0.1, 0.15) is 12.4 Å². The fourth-order valence-corrected chi connectivity index (χ4v) is 7.10. The van der Waals surface area contributed by atoms with Crippen LogP contribution in [0.3, 0.4) is 0 Å². The van der Waals surface area contributed by atoms with Crippen molar-refractivity contribution in [3.8, 4) is 11.1 Å². The first-order valence-corrected chi connectivity index (χ1v) is 12.9. The van der Waals surface area contributed by atoms with Crippen LogP contribution in [0.1, 0.15) is 74.8 Å². The van der Waals surface area contributed by atoms with Crippen LogP contribution in [0.4, 0.5) is 4.79 Å². The van der Waals surface area contributed by atoms with E-state index in [0.717, 1.165) is 38.5 Å². The average molecular weight is 444 g/mol. The first kappa shape index (κ1) is 20.9. The van der Waals surface area contributed by atoms with Gasteiger partial charge in [-0.05, 0) is 60.8 Å². The monoisotopic (exact) mass is 443 g/mol. The second-order valence-corrected chi connectivity index (χ2v) is 10.5. The van der Waals surface area contributed by atoms with Crippen molar-refractivity contribution in [1.29, 1.82) is 0 Å². The van der Waals surface area contributed by atoms with Crippen molar-refractivity contribution >= 4 is 11.9 Å². The average Bonchev–Trinajstić information content (AvgIpc) is 3.33. The van der Waals surface area contributed by atoms with Crippen molar-refractivity contribution in [3.05, 3.63) is 59.7 Å². The van der Waals surface area contributed by atoms with Crippen LogP contribution in [0, 0.1) is 11.8 Å². The summed E-state index contributed by atoms with van der Waals surface area (Å²) in [5.74, 6) is 0.982. The smallest absolute Gasteiger partial charge is 0.410 e. The van der Waals surface area contributed by atoms with Gasteiger partial charge >= 0.3 is 6.09 Å². The van der Waals surface area contributed by atoms with Gasteiger partial charge in [-0.3, -0.25) is 4.79 Å². The van der Waals surface area contributed by atoms with Crippen LogP contribution >= 0.6 is 0 Å². The largest absolute Gasteiger partial charge is 0.448 e. The van der Waals surface area contributed by atoms with Crippen LogP contribution in [0.2, 0.25) is 0 Å². The summed E-state index contributed by atoms with van der Waals surface area (Å²) in [5.41, 5.74) is 4.98. The minimum atomic E-state index is -0.187. The van der Waals surface area contributed by atoms with Gasteiger partial charge < -0.3 is 9.64 Å². The van der Waals surface area contributed by atoms with E-state index in [9.17, 15) is 9.59 Å². The van der Waals surface area contributed by atoms with Crippen molar-refractivity contribution in [2.24, 2.45) is 11.8 Å². The molecule has 3 fully saturated rings. The van der Waals surface area contributed by atoms with Gasteiger partial charge in [-0.2, -0.15) is 0 Å². The Balaban J connectivity index is 1.12. The predicted octanol–water partition coefficient (Wildman–Crippen LogP) is 6.33. The van der Waals surface area contributed by atoms with Crippen LogP contribution < -0.4 is 0 Å². The molecule has 33 heavy (non-hydrogen) atoms. The number of hydrogen-bond donors (Lipinski definition) is 0. The maximum absolute atomic E-state index is 13.2. The maximum atomic E-state index is 13.2. The molecule has 2 aliphatic carbocycles. The summed E-state index contributed by atoms with van der Waals surface area (Å²) in [6, 6.07) is 17.2. The molecule has 2 aromatic rings. The summed E-state index contributed by atoms with van der Waals surface area (Å²) < 4.78 is 5.97. The Morgan fingerprint density at radius 2 is 1.33 bits per heavy atom. The number of nitrogens with zero attached hydrogens (tertiary/aromatic N) is 1. The van der Waals surface area contributed by atoms with E-state index in [2.05, 4.69) is 48.5 Å². The van der Waals surface area contributed by atoms with Crippen molar-refractivity contribution in [1.82, 2.24) is 4.90 Å². The van der Waals surface area contributed by atoms with E-state index in [1.165, 1.54) is 41.5 Å². The molecule has 2 saturated heterocycles. The lowest BCUT2D eigenvalue weighted by molar-refractivity contribution is -0.130. The van der Waals surface area contributed by atoms with Gasteiger partial charge in [0.2, 0.25) is 0 Å². The minimum Gasteiger partial charge on any atom is -0.448 e. The van der Waals surface area contributed by atoms with Gasteiger partial charge in [0.05, 0.1) is 0 Å². The molecular weight excluding hydrogens is 410 g/mol. The number of amides is 1. The van der Waals surface area contributed by atoms with Crippen molar-refractivity contribution in [2.45, 2.75) is 75.8 Å². The molecule has 0 N–H and O–H groups in total. The Bertz CT molecular complexity index is 997. The molecule has 1 saturated carbocycles. The fraction of sp³-hybridized carbons (Fsp3) is 0.517. The summed E-state index contributed by atoms with van der Waals surface area (Å²) in [5, 5.41) is 0. The summed E-state index contributed by atoms with van der Waals surface area (Å²) in [6.45, 7) is 0.368. The molecular formula is C29H33NO3. The normalized spacial score (nSPS) is 26.7. The Kier molecular flexibility index (Phi) is 5.48. The molecule has 4 heteroatoms. The van der Waals surface area contributed by atoms with Crippen LogP contribution in [-0.2, 0) is 9.53 Å². The number of Topliss-reactive ketones (excluding diaryl/α,β-unsaturated/α-hetero) is 1. The van der Waals surface area contributed by atoms with Crippen molar-refractivity contribution in [3.63, 3.8) is 0 Å². The van der Waals surface area contributed by atoms with Crippen LogP contribution in [0.5, 0.6) is 0 Å². The van der Waals surface area contributed by atoms with E-state index in [0.29, 0.717) is 12.4 Å². The highest BCUT2D eigenvalue weighted by molar-refractivity contribution is 5.84. The topological polar surface area (TPSA) is 46.6 Å². The number of rotatable bonds is 4. The van der Waals surface area contributed by atoms with E-state index in [-0.39, 0.29) is 35.9 Å². The third-order valence-corrected chi connectivity index (χ3v) is 8.69. The van der Waals surface area contributed by atoms with E-state index in [1.54, 1.807) is 0 Å². The number of carbonyl (C=O) groups is 2.